The van der Waals surface area contributed by atoms with E-state index in [9.17, 15) is 9.59 Å². The molecule has 33 heavy (non-hydrogen) atoms. The molecule has 180 valence electrons. The molecule has 5 unspecified atom stereocenters. The van der Waals surface area contributed by atoms with Gasteiger partial charge in [0.25, 0.3) is 0 Å². The molecule has 2 aliphatic carbocycles. The molecule has 1 aromatic carbocycles. The summed E-state index contributed by atoms with van der Waals surface area (Å²) in [7, 11) is 4.13. The summed E-state index contributed by atoms with van der Waals surface area (Å²) in [6, 6.07) is 10.6. The van der Waals surface area contributed by atoms with Gasteiger partial charge in [0.2, 0.25) is 11.8 Å². The molecule has 1 heterocycles. The van der Waals surface area contributed by atoms with Crippen molar-refractivity contribution in [1.82, 2.24) is 20.4 Å². The number of hydrogen-bond donors (Lipinski definition) is 2. The molecule has 8 heteroatoms. The number of nitrogens with zero attached hydrogens (tertiary/aromatic N) is 3. The van der Waals surface area contributed by atoms with Gasteiger partial charge < -0.3 is 15.5 Å². The fraction of sp³-hybridized carbons (Fsp3) is 0.560. The number of likely N-dealkylation sites (tertiary alicyclic amines) is 1. The highest BCUT2D eigenvalue weighted by molar-refractivity contribution is 14.0. The minimum atomic E-state index is -0.106. The van der Waals surface area contributed by atoms with Crippen LogP contribution in [0.25, 0.3) is 0 Å². The molecule has 1 aliphatic heterocycles. The number of nitrogens with one attached hydrogen (secondary N) is 2. The summed E-state index contributed by atoms with van der Waals surface area (Å²) < 4.78 is 0. The van der Waals surface area contributed by atoms with E-state index in [-0.39, 0.29) is 65.5 Å². The Morgan fingerprint density at radius 2 is 1.73 bits per heavy atom. The summed E-state index contributed by atoms with van der Waals surface area (Å²) in [6.07, 6.45) is 5.96. The van der Waals surface area contributed by atoms with Gasteiger partial charge in [0.05, 0.1) is 24.4 Å². The largest absolute Gasteiger partial charge is 0.357 e. The molecule has 0 spiro atoms. The highest BCUT2D eigenvalue weighted by Gasteiger charge is 2.58. The van der Waals surface area contributed by atoms with Gasteiger partial charge in [-0.1, -0.05) is 42.5 Å². The molecule has 5 atom stereocenters. The van der Waals surface area contributed by atoms with E-state index in [1.54, 1.807) is 0 Å². The van der Waals surface area contributed by atoms with E-state index < -0.39 is 0 Å². The number of guanidine groups is 1. The van der Waals surface area contributed by atoms with Crippen molar-refractivity contribution in [3.05, 3.63) is 48.0 Å². The highest BCUT2D eigenvalue weighted by Crippen LogP contribution is 2.52. The van der Waals surface area contributed by atoms with Crippen molar-refractivity contribution in [2.24, 2.45) is 28.7 Å². The zero-order valence-corrected chi connectivity index (χ0v) is 22.1. The highest BCUT2D eigenvalue weighted by atomic mass is 127. The van der Waals surface area contributed by atoms with Crippen LogP contribution in [-0.4, -0.2) is 67.8 Å². The van der Waals surface area contributed by atoms with Crippen molar-refractivity contribution in [3.8, 4) is 0 Å². The van der Waals surface area contributed by atoms with Gasteiger partial charge in [-0.25, -0.2) is 0 Å². The van der Waals surface area contributed by atoms with Crippen LogP contribution in [0.3, 0.4) is 0 Å². The van der Waals surface area contributed by atoms with Crippen LogP contribution in [0.1, 0.15) is 31.4 Å². The molecule has 4 rings (SSSR count). The summed E-state index contributed by atoms with van der Waals surface area (Å²) in [5.41, 5.74) is 1.23. The first-order valence-electron chi connectivity index (χ1n) is 11.8. The van der Waals surface area contributed by atoms with Gasteiger partial charge in [0.15, 0.2) is 5.96 Å². The smallest absolute Gasteiger partial charge is 0.233 e. The summed E-state index contributed by atoms with van der Waals surface area (Å²) in [4.78, 5) is 34.1. The lowest BCUT2D eigenvalue weighted by Crippen LogP contribution is -2.40. The van der Waals surface area contributed by atoms with E-state index in [1.807, 2.05) is 13.0 Å². The first kappa shape index (κ1) is 25.7. The number of hydrogen-bond acceptors (Lipinski definition) is 4. The molecule has 1 saturated carbocycles. The maximum Gasteiger partial charge on any atom is 0.233 e. The number of likely N-dealkylation sites (N-methyl/N-ethyl adjacent to an activating group) is 1. The fourth-order valence-corrected chi connectivity index (χ4v) is 5.39. The Morgan fingerprint density at radius 3 is 2.30 bits per heavy atom. The molecular weight excluding hydrogens is 529 g/mol. The lowest BCUT2D eigenvalue weighted by atomic mass is 9.85. The summed E-state index contributed by atoms with van der Waals surface area (Å²) in [5.74, 6) is 1.16. The Bertz CT molecular complexity index is 858. The van der Waals surface area contributed by atoms with Gasteiger partial charge in [0.1, 0.15) is 0 Å². The monoisotopic (exact) mass is 565 g/mol. The van der Waals surface area contributed by atoms with E-state index in [2.05, 4.69) is 66.0 Å². The second-order valence-electron chi connectivity index (χ2n) is 9.22. The molecule has 2 bridgehead atoms. The minimum Gasteiger partial charge on any atom is -0.357 e. The Hall–Kier alpha value is -1.94. The fourth-order valence-electron chi connectivity index (χ4n) is 5.39. The maximum atomic E-state index is 12.8. The molecule has 2 amide bonds. The first-order chi connectivity index (χ1) is 15.5. The Kier molecular flexibility index (Phi) is 8.92. The van der Waals surface area contributed by atoms with Crippen LogP contribution in [0.5, 0.6) is 0 Å². The van der Waals surface area contributed by atoms with Gasteiger partial charge in [0, 0.05) is 19.6 Å². The average Bonchev–Trinajstić information content (AvgIpc) is 3.46. The summed E-state index contributed by atoms with van der Waals surface area (Å²) in [5, 5.41) is 6.65. The zero-order valence-electron chi connectivity index (χ0n) is 19.7. The second kappa shape index (κ2) is 11.5. The van der Waals surface area contributed by atoms with Crippen LogP contribution in [0.15, 0.2) is 47.5 Å². The number of fused-ring (bicyclic) bond motifs is 5. The molecule has 2 N–H and O–H groups in total. The summed E-state index contributed by atoms with van der Waals surface area (Å²) >= 11 is 0. The zero-order chi connectivity index (χ0) is 22.7. The quantitative estimate of drug-likeness (QED) is 0.120. The topological polar surface area (TPSA) is 77.0 Å². The number of carbonyl (C=O) groups is 2. The van der Waals surface area contributed by atoms with Crippen molar-refractivity contribution < 1.29 is 9.59 Å². The first-order valence-corrected chi connectivity index (χ1v) is 11.8. The van der Waals surface area contributed by atoms with Gasteiger partial charge in [-0.15, -0.1) is 24.0 Å². The molecule has 1 saturated heterocycles. The third kappa shape index (κ3) is 5.42. The number of carbonyl (C=O) groups excluding carboxylic acids is 2. The van der Waals surface area contributed by atoms with Gasteiger partial charge in [-0.3, -0.25) is 19.5 Å². The van der Waals surface area contributed by atoms with Crippen LogP contribution in [-0.2, 0) is 9.59 Å². The van der Waals surface area contributed by atoms with E-state index in [0.717, 1.165) is 18.9 Å². The van der Waals surface area contributed by atoms with Crippen molar-refractivity contribution in [2.45, 2.75) is 25.8 Å². The number of imide groups is 1. The second-order valence-corrected chi connectivity index (χ2v) is 9.22. The normalized spacial score (nSPS) is 26.5. The molecular formula is C25H36IN5O2. The molecule has 7 nitrogen and oxygen atoms in total. The van der Waals surface area contributed by atoms with Crippen LogP contribution < -0.4 is 10.6 Å². The SMILES string of the molecule is CCNC(=NCC(c1ccccc1)N(C)C)NCCCN1C(=O)C2C3C=CC(C3)C2C1=O.I. The molecule has 2 fully saturated rings. The number of rotatable bonds is 9. The van der Waals surface area contributed by atoms with Gasteiger partial charge >= 0.3 is 0 Å². The number of amides is 2. The number of allylic oxidation sites excluding steroid dienone is 2. The number of aliphatic imine (C=N–C) groups is 1. The van der Waals surface area contributed by atoms with E-state index in [1.165, 1.54) is 10.5 Å². The van der Waals surface area contributed by atoms with Crippen LogP contribution >= 0.6 is 24.0 Å². The predicted octanol–water partition coefficient (Wildman–Crippen LogP) is 2.66. The van der Waals surface area contributed by atoms with Crippen molar-refractivity contribution in [3.63, 3.8) is 0 Å². The lowest BCUT2D eigenvalue weighted by molar-refractivity contribution is -0.140. The molecule has 1 aromatic rings. The van der Waals surface area contributed by atoms with E-state index >= 15 is 0 Å². The molecule has 0 aromatic heterocycles. The number of benzene rings is 1. The predicted molar refractivity (Wildman–Crippen MR) is 141 cm³/mol. The Labute approximate surface area is 214 Å². The Morgan fingerprint density at radius 1 is 1.09 bits per heavy atom. The van der Waals surface area contributed by atoms with Crippen LogP contribution in [0.2, 0.25) is 0 Å². The van der Waals surface area contributed by atoms with E-state index in [4.69, 9.17) is 4.99 Å². The van der Waals surface area contributed by atoms with Gasteiger partial charge in [-0.2, -0.15) is 0 Å². The van der Waals surface area contributed by atoms with E-state index in [0.29, 0.717) is 26.1 Å². The molecule has 3 aliphatic rings. The Balaban J connectivity index is 0.00000306. The van der Waals surface area contributed by atoms with Gasteiger partial charge in [-0.05, 0) is 51.3 Å². The maximum absolute atomic E-state index is 12.8. The lowest BCUT2D eigenvalue weighted by Gasteiger charge is -2.24. The third-order valence-electron chi connectivity index (χ3n) is 6.99. The standard InChI is InChI=1S/C25H35N5O2.HI/c1-4-26-25(28-16-20(29(2)3)17-9-6-5-7-10-17)27-13-8-14-30-23(31)21-18-11-12-19(15-18)22(21)24(30)32;/h5-7,9-12,18-22H,4,8,13-16H2,1-3H3,(H2,26,27,28);1H. The van der Waals surface area contributed by atoms with Crippen LogP contribution in [0, 0.1) is 23.7 Å². The van der Waals surface area contributed by atoms with Crippen molar-refractivity contribution in [2.75, 3.05) is 40.3 Å². The number of halogens is 1. The van der Waals surface area contributed by atoms with Crippen LogP contribution in [0.4, 0.5) is 0 Å². The van der Waals surface area contributed by atoms with Crippen molar-refractivity contribution in [1.29, 1.82) is 0 Å². The third-order valence-corrected chi connectivity index (χ3v) is 6.99. The van der Waals surface area contributed by atoms with Crippen molar-refractivity contribution >= 4 is 41.8 Å². The molecule has 0 radical (unpaired) electrons. The minimum absolute atomic E-state index is 0. The average molecular weight is 566 g/mol. The summed E-state index contributed by atoms with van der Waals surface area (Å²) in [6.45, 7) is 4.57.